The number of piperidine rings is 1. The van der Waals surface area contributed by atoms with E-state index in [0.717, 1.165) is 5.56 Å². The van der Waals surface area contributed by atoms with Gasteiger partial charge in [0, 0.05) is 20.2 Å². The SMILES string of the molecule is COC1(CNC(=O)OC(C)(C)C)CCN(C(=O)OCc2ccccc2)CC1. The number of hydrogen-bond donors (Lipinski definition) is 1. The summed E-state index contributed by atoms with van der Waals surface area (Å²) in [5.41, 5.74) is -0.0980. The van der Waals surface area contributed by atoms with Crippen molar-refractivity contribution in [3.8, 4) is 0 Å². The van der Waals surface area contributed by atoms with Crippen LogP contribution in [0.25, 0.3) is 0 Å². The molecule has 0 atom stereocenters. The van der Waals surface area contributed by atoms with Crippen LogP contribution in [0, 0.1) is 0 Å². The molecule has 1 heterocycles. The first-order valence-corrected chi connectivity index (χ1v) is 9.21. The van der Waals surface area contributed by atoms with E-state index in [1.165, 1.54) is 0 Å². The Kier molecular flexibility index (Phi) is 7.07. The van der Waals surface area contributed by atoms with E-state index >= 15 is 0 Å². The molecule has 2 amide bonds. The van der Waals surface area contributed by atoms with Gasteiger partial charge in [-0.25, -0.2) is 9.59 Å². The second-order valence-electron chi connectivity index (χ2n) is 7.77. The summed E-state index contributed by atoms with van der Waals surface area (Å²) in [7, 11) is 1.63. The summed E-state index contributed by atoms with van der Waals surface area (Å²) < 4.78 is 16.3. The minimum atomic E-state index is -0.545. The van der Waals surface area contributed by atoms with Crippen molar-refractivity contribution in [3.05, 3.63) is 35.9 Å². The van der Waals surface area contributed by atoms with E-state index in [0.29, 0.717) is 32.5 Å². The summed E-state index contributed by atoms with van der Waals surface area (Å²) in [5, 5.41) is 2.77. The van der Waals surface area contributed by atoms with Crippen LogP contribution >= 0.6 is 0 Å². The van der Waals surface area contributed by atoms with Gasteiger partial charge in [0.2, 0.25) is 0 Å². The van der Waals surface area contributed by atoms with Gasteiger partial charge in [-0.05, 0) is 39.2 Å². The molecule has 0 aromatic heterocycles. The fraction of sp³-hybridized carbons (Fsp3) is 0.600. The summed E-state index contributed by atoms with van der Waals surface area (Å²) in [4.78, 5) is 25.8. The van der Waals surface area contributed by atoms with E-state index in [4.69, 9.17) is 14.2 Å². The number of carbonyl (C=O) groups excluding carboxylic acids is 2. The van der Waals surface area contributed by atoms with Gasteiger partial charge in [0.1, 0.15) is 12.2 Å². The molecule has 1 aromatic carbocycles. The molecular formula is C20H30N2O5. The molecule has 0 radical (unpaired) electrons. The van der Waals surface area contributed by atoms with Crippen LogP contribution in [0.1, 0.15) is 39.2 Å². The third-order valence-electron chi connectivity index (χ3n) is 4.52. The molecule has 1 aliphatic rings. The zero-order chi connectivity index (χ0) is 19.9. The van der Waals surface area contributed by atoms with Crippen molar-refractivity contribution in [3.63, 3.8) is 0 Å². The maximum atomic E-state index is 12.3. The Labute approximate surface area is 161 Å². The predicted octanol–water partition coefficient (Wildman–Crippen LogP) is 3.33. The van der Waals surface area contributed by atoms with Gasteiger partial charge in [-0.15, -0.1) is 0 Å². The Morgan fingerprint density at radius 3 is 2.33 bits per heavy atom. The molecule has 0 bridgehead atoms. The molecule has 27 heavy (non-hydrogen) atoms. The lowest BCUT2D eigenvalue weighted by atomic mass is 9.91. The minimum Gasteiger partial charge on any atom is -0.445 e. The van der Waals surface area contributed by atoms with Gasteiger partial charge in [-0.3, -0.25) is 0 Å². The summed E-state index contributed by atoms with van der Waals surface area (Å²) >= 11 is 0. The molecule has 1 aliphatic heterocycles. The molecule has 0 unspecified atom stereocenters. The van der Waals surface area contributed by atoms with Crippen LogP contribution in [0.4, 0.5) is 9.59 Å². The van der Waals surface area contributed by atoms with Crippen LogP contribution in [-0.4, -0.2) is 55.0 Å². The Hall–Kier alpha value is -2.28. The molecular weight excluding hydrogens is 348 g/mol. The first-order valence-electron chi connectivity index (χ1n) is 9.21. The van der Waals surface area contributed by atoms with Crippen LogP contribution in [0.3, 0.4) is 0 Å². The van der Waals surface area contributed by atoms with Crippen molar-refractivity contribution < 1.29 is 23.8 Å². The van der Waals surface area contributed by atoms with Gasteiger partial charge in [0.15, 0.2) is 0 Å². The van der Waals surface area contributed by atoms with Crippen molar-refractivity contribution in [2.75, 3.05) is 26.7 Å². The maximum Gasteiger partial charge on any atom is 0.410 e. The Morgan fingerprint density at radius 2 is 1.78 bits per heavy atom. The van der Waals surface area contributed by atoms with Crippen molar-refractivity contribution in [1.29, 1.82) is 0 Å². The largest absolute Gasteiger partial charge is 0.445 e. The van der Waals surface area contributed by atoms with Gasteiger partial charge < -0.3 is 24.4 Å². The van der Waals surface area contributed by atoms with Gasteiger partial charge >= 0.3 is 12.2 Å². The number of carbonyl (C=O) groups is 2. The maximum absolute atomic E-state index is 12.3. The number of hydrogen-bond acceptors (Lipinski definition) is 5. The first kappa shape index (κ1) is 21.0. The Morgan fingerprint density at radius 1 is 1.15 bits per heavy atom. The van der Waals surface area contributed by atoms with Crippen LogP contribution < -0.4 is 5.32 Å². The van der Waals surface area contributed by atoms with Gasteiger partial charge in [-0.1, -0.05) is 30.3 Å². The topological polar surface area (TPSA) is 77.1 Å². The lowest BCUT2D eigenvalue weighted by Crippen LogP contribution is -2.53. The normalized spacial score (nSPS) is 16.5. The van der Waals surface area contributed by atoms with Crippen molar-refractivity contribution in [1.82, 2.24) is 10.2 Å². The third-order valence-corrected chi connectivity index (χ3v) is 4.52. The fourth-order valence-corrected chi connectivity index (χ4v) is 2.91. The highest BCUT2D eigenvalue weighted by Gasteiger charge is 2.37. The van der Waals surface area contributed by atoms with Crippen molar-refractivity contribution in [2.45, 2.75) is 51.4 Å². The number of methoxy groups -OCH3 is 1. The standard InChI is InChI=1S/C20H30N2O5/c1-19(2,3)27-17(23)21-15-20(25-4)10-12-22(13-11-20)18(24)26-14-16-8-6-5-7-9-16/h5-9H,10-15H2,1-4H3,(H,21,23). The fourth-order valence-electron chi connectivity index (χ4n) is 2.91. The number of nitrogens with one attached hydrogen (secondary N) is 1. The molecule has 1 fully saturated rings. The zero-order valence-electron chi connectivity index (χ0n) is 16.6. The molecule has 1 aromatic rings. The van der Waals surface area contributed by atoms with E-state index in [-0.39, 0.29) is 12.7 Å². The molecule has 1 saturated heterocycles. The number of alkyl carbamates (subject to hydrolysis) is 1. The summed E-state index contributed by atoms with van der Waals surface area (Å²) in [6, 6.07) is 9.58. The predicted molar refractivity (Wildman–Crippen MR) is 101 cm³/mol. The Balaban J connectivity index is 1.79. The third kappa shape index (κ3) is 6.75. The van der Waals surface area contributed by atoms with E-state index in [9.17, 15) is 9.59 Å². The highest BCUT2D eigenvalue weighted by atomic mass is 16.6. The molecule has 0 spiro atoms. The molecule has 2 rings (SSSR count). The van der Waals surface area contributed by atoms with Crippen molar-refractivity contribution >= 4 is 12.2 Å². The summed E-state index contributed by atoms with van der Waals surface area (Å²) in [6.07, 6.45) is 0.423. The highest BCUT2D eigenvalue weighted by Crippen LogP contribution is 2.26. The Bertz CT molecular complexity index is 619. The van der Waals surface area contributed by atoms with E-state index in [1.807, 2.05) is 51.1 Å². The first-order chi connectivity index (χ1) is 12.7. The molecule has 1 N–H and O–H groups in total. The minimum absolute atomic E-state index is 0.256. The van der Waals surface area contributed by atoms with Crippen LogP contribution in [0.2, 0.25) is 0 Å². The molecule has 7 nitrogen and oxygen atoms in total. The number of likely N-dealkylation sites (tertiary alicyclic amines) is 1. The summed E-state index contributed by atoms with van der Waals surface area (Å²) in [6.45, 7) is 7.07. The van der Waals surface area contributed by atoms with Crippen LogP contribution in [0.15, 0.2) is 30.3 Å². The van der Waals surface area contributed by atoms with Crippen LogP contribution in [-0.2, 0) is 20.8 Å². The van der Waals surface area contributed by atoms with Crippen LogP contribution in [0.5, 0.6) is 0 Å². The number of rotatable bonds is 5. The lowest BCUT2D eigenvalue weighted by Gasteiger charge is -2.40. The molecule has 7 heteroatoms. The second-order valence-corrected chi connectivity index (χ2v) is 7.77. The number of amides is 2. The monoisotopic (exact) mass is 378 g/mol. The van der Waals surface area contributed by atoms with Gasteiger partial charge in [0.25, 0.3) is 0 Å². The quantitative estimate of drug-likeness (QED) is 0.850. The molecule has 0 saturated carbocycles. The van der Waals surface area contributed by atoms with Crippen molar-refractivity contribution in [2.24, 2.45) is 0 Å². The number of benzene rings is 1. The smallest absolute Gasteiger partial charge is 0.410 e. The van der Waals surface area contributed by atoms with E-state index < -0.39 is 17.3 Å². The van der Waals surface area contributed by atoms with Gasteiger partial charge in [-0.2, -0.15) is 0 Å². The number of ether oxygens (including phenoxy) is 3. The summed E-state index contributed by atoms with van der Waals surface area (Å²) in [5.74, 6) is 0. The zero-order valence-corrected chi connectivity index (χ0v) is 16.6. The van der Waals surface area contributed by atoms with E-state index in [2.05, 4.69) is 5.32 Å². The molecule has 150 valence electrons. The van der Waals surface area contributed by atoms with E-state index in [1.54, 1.807) is 12.0 Å². The lowest BCUT2D eigenvalue weighted by molar-refractivity contribution is -0.0547. The number of nitrogens with zero attached hydrogens (tertiary/aromatic N) is 1. The van der Waals surface area contributed by atoms with Gasteiger partial charge in [0.05, 0.1) is 12.1 Å². The average molecular weight is 378 g/mol. The molecule has 0 aliphatic carbocycles. The average Bonchev–Trinajstić information content (AvgIpc) is 2.64. The highest BCUT2D eigenvalue weighted by molar-refractivity contribution is 5.68. The second kappa shape index (κ2) is 9.08.